The number of anilines is 1. The van der Waals surface area contributed by atoms with Crippen molar-refractivity contribution < 1.29 is 14.0 Å². The number of halogens is 1. The van der Waals surface area contributed by atoms with Crippen LogP contribution >= 0.6 is 0 Å². The molecule has 1 aliphatic heterocycles. The zero-order valence-corrected chi connectivity index (χ0v) is 16.7. The van der Waals surface area contributed by atoms with E-state index in [9.17, 15) is 14.0 Å². The van der Waals surface area contributed by atoms with Crippen molar-refractivity contribution in [2.75, 3.05) is 18.4 Å². The molecule has 0 bridgehead atoms. The number of aromatic nitrogens is 2. The third-order valence-electron chi connectivity index (χ3n) is 5.56. The molecule has 1 aliphatic rings. The Hall–Kier alpha value is -3.48. The van der Waals surface area contributed by atoms with Crippen molar-refractivity contribution in [1.82, 2.24) is 14.5 Å². The lowest BCUT2D eigenvalue weighted by molar-refractivity contribution is 0.0695. The van der Waals surface area contributed by atoms with Crippen molar-refractivity contribution >= 4 is 17.5 Å². The fourth-order valence-electron chi connectivity index (χ4n) is 3.86. The topological polar surface area (TPSA) is 67.2 Å². The summed E-state index contributed by atoms with van der Waals surface area (Å²) in [6, 6.07) is 11.4. The maximum Gasteiger partial charge on any atom is 0.258 e. The van der Waals surface area contributed by atoms with Gasteiger partial charge in [-0.3, -0.25) is 9.59 Å². The van der Waals surface area contributed by atoms with E-state index in [0.29, 0.717) is 30.4 Å². The number of aryl methyl sites for hydroxylation is 1. The van der Waals surface area contributed by atoms with Crippen molar-refractivity contribution in [2.45, 2.75) is 25.8 Å². The Kier molecular flexibility index (Phi) is 5.61. The Morgan fingerprint density at radius 1 is 1.07 bits per heavy atom. The van der Waals surface area contributed by atoms with Crippen LogP contribution in [0.2, 0.25) is 0 Å². The van der Waals surface area contributed by atoms with Crippen LogP contribution in [0.4, 0.5) is 10.1 Å². The molecular weight excluding hydrogens is 383 g/mol. The van der Waals surface area contributed by atoms with Crippen LogP contribution in [0.15, 0.2) is 61.2 Å². The molecule has 2 aromatic carbocycles. The monoisotopic (exact) mass is 406 g/mol. The van der Waals surface area contributed by atoms with Crippen LogP contribution in [0, 0.1) is 12.7 Å². The third kappa shape index (κ3) is 3.96. The summed E-state index contributed by atoms with van der Waals surface area (Å²) >= 11 is 0. The van der Waals surface area contributed by atoms with Crippen molar-refractivity contribution in [3.63, 3.8) is 0 Å². The summed E-state index contributed by atoms with van der Waals surface area (Å²) in [5.41, 5.74) is 1.53. The van der Waals surface area contributed by atoms with E-state index in [1.165, 1.54) is 18.2 Å². The maximum absolute atomic E-state index is 14.0. The number of carbonyl (C=O) groups is 2. The van der Waals surface area contributed by atoms with Gasteiger partial charge in [-0.2, -0.15) is 0 Å². The van der Waals surface area contributed by atoms with E-state index in [2.05, 4.69) is 14.9 Å². The van der Waals surface area contributed by atoms with Gasteiger partial charge in [-0.25, -0.2) is 9.37 Å². The van der Waals surface area contributed by atoms with Crippen LogP contribution in [0.25, 0.3) is 0 Å². The molecule has 3 aromatic rings. The maximum atomic E-state index is 14.0. The van der Waals surface area contributed by atoms with Gasteiger partial charge < -0.3 is 14.8 Å². The van der Waals surface area contributed by atoms with Gasteiger partial charge in [0.2, 0.25) is 0 Å². The molecule has 4 rings (SSSR count). The number of piperidine rings is 1. The molecule has 2 amide bonds. The lowest BCUT2D eigenvalue weighted by Crippen LogP contribution is -2.39. The molecule has 1 N–H and O–H groups in total. The molecule has 0 spiro atoms. The second kappa shape index (κ2) is 8.49. The summed E-state index contributed by atoms with van der Waals surface area (Å²) in [5.74, 6) is -1.31. The Labute approximate surface area is 174 Å². The van der Waals surface area contributed by atoms with E-state index in [0.717, 1.165) is 18.4 Å². The second-order valence-electron chi connectivity index (χ2n) is 7.46. The average molecular weight is 406 g/mol. The van der Waals surface area contributed by atoms with Crippen LogP contribution in [0.5, 0.6) is 0 Å². The molecule has 6 nitrogen and oxygen atoms in total. The Morgan fingerprint density at radius 2 is 1.80 bits per heavy atom. The van der Waals surface area contributed by atoms with Crippen molar-refractivity contribution in [1.29, 1.82) is 0 Å². The summed E-state index contributed by atoms with van der Waals surface area (Å²) < 4.78 is 16.1. The molecule has 0 radical (unpaired) electrons. The number of carbonyl (C=O) groups excluding carboxylic acids is 2. The fourth-order valence-corrected chi connectivity index (χ4v) is 3.86. The first-order valence-electron chi connectivity index (χ1n) is 9.97. The van der Waals surface area contributed by atoms with Crippen LogP contribution < -0.4 is 5.32 Å². The highest BCUT2D eigenvalue weighted by Gasteiger charge is 2.27. The highest BCUT2D eigenvalue weighted by atomic mass is 19.1. The molecule has 1 saturated heterocycles. The van der Waals surface area contributed by atoms with Gasteiger partial charge in [0, 0.05) is 31.5 Å². The molecule has 0 atom stereocenters. The van der Waals surface area contributed by atoms with Crippen LogP contribution in [-0.2, 0) is 0 Å². The first kappa shape index (κ1) is 19.8. The fraction of sp³-hybridized carbons (Fsp3) is 0.261. The number of hydrogen-bond donors (Lipinski definition) is 1. The molecule has 30 heavy (non-hydrogen) atoms. The molecule has 1 aromatic heterocycles. The number of rotatable bonds is 4. The molecule has 0 aliphatic carbocycles. The predicted octanol–water partition coefficient (Wildman–Crippen LogP) is 4.06. The van der Waals surface area contributed by atoms with E-state index < -0.39 is 11.7 Å². The van der Waals surface area contributed by atoms with E-state index in [1.54, 1.807) is 35.6 Å². The highest BCUT2D eigenvalue weighted by Crippen LogP contribution is 2.27. The van der Waals surface area contributed by atoms with E-state index in [4.69, 9.17) is 0 Å². The molecule has 1 fully saturated rings. The molecule has 0 saturated carbocycles. The van der Waals surface area contributed by atoms with Crippen molar-refractivity contribution in [3.8, 4) is 0 Å². The minimum absolute atomic E-state index is 0.0553. The molecule has 154 valence electrons. The largest absolute Gasteiger partial charge is 0.338 e. The van der Waals surface area contributed by atoms with Gasteiger partial charge >= 0.3 is 0 Å². The Bertz CT molecular complexity index is 1060. The minimum atomic E-state index is -0.599. The van der Waals surface area contributed by atoms with Gasteiger partial charge in [-0.1, -0.05) is 24.3 Å². The third-order valence-corrected chi connectivity index (χ3v) is 5.56. The van der Waals surface area contributed by atoms with E-state index in [-0.39, 0.29) is 11.5 Å². The summed E-state index contributed by atoms with van der Waals surface area (Å²) in [5, 5.41) is 2.75. The first-order valence-corrected chi connectivity index (χ1v) is 9.97. The Balaban J connectivity index is 1.52. The number of para-hydroxylation sites is 1. The van der Waals surface area contributed by atoms with Crippen LogP contribution in [0.3, 0.4) is 0 Å². The summed E-state index contributed by atoms with van der Waals surface area (Å²) in [7, 11) is 0. The number of nitrogens with one attached hydrogen (secondary N) is 1. The number of nitrogens with zero attached hydrogens (tertiary/aromatic N) is 3. The van der Waals surface area contributed by atoms with E-state index in [1.807, 2.05) is 19.2 Å². The van der Waals surface area contributed by atoms with Gasteiger partial charge in [-0.15, -0.1) is 0 Å². The Morgan fingerprint density at radius 3 is 2.50 bits per heavy atom. The number of amides is 2. The molecule has 7 heteroatoms. The average Bonchev–Trinajstić information content (AvgIpc) is 3.30. The second-order valence-corrected chi connectivity index (χ2v) is 7.46. The van der Waals surface area contributed by atoms with Gasteiger partial charge in [0.05, 0.1) is 23.1 Å². The zero-order chi connectivity index (χ0) is 21.1. The SMILES string of the molecule is Cc1cccc(C(=O)N2CCC(n3ccnc3)CC2)c1NC(=O)c1ccccc1F. The lowest BCUT2D eigenvalue weighted by atomic mass is 10.0. The van der Waals surface area contributed by atoms with Gasteiger partial charge in [-0.05, 0) is 43.5 Å². The van der Waals surface area contributed by atoms with Crippen molar-refractivity contribution in [2.24, 2.45) is 0 Å². The number of imidazole rings is 1. The molecular formula is C23H23FN4O2. The lowest BCUT2D eigenvalue weighted by Gasteiger charge is -2.33. The van der Waals surface area contributed by atoms with Crippen molar-refractivity contribution in [3.05, 3.63) is 83.7 Å². The molecule has 0 unspecified atom stereocenters. The molecule has 2 heterocycles. The quantitative estimate of drug-likeness (QED) is 0.711. The summed E-state index contributed by atoms with van der Waals surface area (Å²) in [6.45, 7) is 3.06. The van der Waals surface area contributed by atoms with Crippen LogP contribution in [-0.4, -0.2) is 39.4 Å². The van der Waals surface area contributed by atoms with E-state index >= 15 is 0 Å². The number of likely N-dealkylation sites (tertiary alicyclic amines) is 1. The highest BCUT2D eigenvalue weighted by molar-refractivity contribution is 6.09. The smallest absolute Gasteiger partial charge is 0.258 e. The number of hydrogen-bond acceptors (Lipinski definition) is 3. The number of benzene rings is 2. The zero-order valence-electron chi connectivity index (χ0n) is 16.7. The van der Waals surface area contributed by atoms with Crippen LogP contribution in [0.1, 0.15) is 45.2 Å². The standard InChI is InChI=1S/C23H23FN4O2/c1-16-5-4-7-19(21(16)26-22(29)18-6-2-3-8-20(18)24)23(30)27-12-9-17(10-13-27)28-14-11-25-15-28/h2-8,11,14-15,17H,9-10,12-13H2,1H3,(H,26,29). The summed E-state index contributed by atoms with van der Waals surface area (Å²) in [6.07, 6.45) is 7.18. The first-order chi connectivity index (χ1) is 14.5. The van der Waals surface area contributed by atoms with Gasteiger partial charge in [0.15, 0.2) is 0 Å². The van der Waals surface area contributed by atoms with Gasteiger partial charge in [0.1, 0.15) is 5.82 Å². The normalized spacial score (nSPS) is 14.5. The summed E-state index contributed by atoms with van der Waals surface area (Å²) in [4.78, 5) is 31.8. The van der Waals surface area contributed by atoms with Gasteiger partial charge in [0.25, 0.3) is 11.8 Å². The minimum Gasteiger partial charge on any atom is -0.338 e. The predicted molar refractivity (Wildman–Crippen MR) is 112 cm³/mol.